The van der Waals surface area contributed by atoms with Gasteiger partial charge in [0.25, 0.3) is 0 Å². The topological polar surface area (TPSA) is 46.5 Å². The quantitative estimate of drug-likeness (QED) is 0.747. The van der Waals surface area contributed by atoms with Gasteiger partial charge in [-0.2, -0.15) is 0 Å². The molecule has 0 aromatic heterocycles. The summed E-state index contributed by atoms with van der Waals surface area (Å²) in [4.78, 5) is 11.5. The summed E-state index contributed by atoms with van der Waals surface area (Å²) < 4.78 is 4.98. The number of cyclic esters (lactones) is 1. The van der Waals surface area contributed by atoms with Crippen LogP contribution in [0.5, 0.6) is 0 Å². The van der Waals surface area contributed by atoms with Gasteiger partial charge in [0.15, 0.2) is 0 Å². The average molecular weight is 238 g/mol. The molecule has 3 aliphatic rings. The second-order valence-corrected chi connectivity index (χ2v) is 6.33. The number of carbonyl (C=O) groups is 1. The van der Waals surface area contributed by atoms with E-state index in [1.807, 2.05) is 0 Å². The first-order chi connectivity index (χ1) is 8.09. The van der Waals surface area contributed by atoms with Crippen LogP contribution in [0.25, 0.3) is 0 Å². The van der Waals surface area contributed by atoms with E-state index in [1.54, 1.807) is 0 Å². The number of ether oxygens (including phenoxy) is 1. The van der Waals surface area contributed by atoms with Crippen molar-refractivity contribution in [2.24, 2.45) is 35.5 Å². The normalized spacial score (nSPS) is 50.6. The molecule has 17 heavy (non-hydrogen) atoms. The lowest BCUT2D eigenvalue weighted by atomic mass is 9.71. The van der Waals surface area contributed by atoms with E-state index in [2.05, 4.69) is 13.8 Å². The highest BCUT2D eigenvalue weighted by Gasteiger charge is 2.53. The van der Waals surface area contributed by atoms with Crippen molar-refractivity contribution in [1.29, 1.82) is 0 Å². The maximum atomic E-state index is 11.5. The summed E-state index contributed by atoms with van der Waals surface area (Å²) in [5.74, 6) is 2.79. The van der Waals surface area contributed by atoms with Gasteiger partial charge < -0.3 is 9.84 Å². The van der Waals surface area contributed by atoms with E-state index in [0.29, 0.717) is 30.8 Å². The SMILES string of the molecule is CC1C2CC(C1C)C(C(O)C1CCOC1=O)C2. The number of hydrogen-bond acceptors (Lipinski definition) is 3. The van der Waals surface area contributed by atoms with Crippen LogP contribution in [0.15, 0.2) is 0 Å². The minimum absolute atomic E-state index is 0.180. The Morgan fingerprint density at radius 2 is 2.06 bits per heavy atom. The summed E-state index contributed by atoms with van der Waals surface area (Å²) in [5.41, 5.74) is 0. The molecule has 0 aromatic rings. The number of carbonyl (C=O) groups excluding carboxylic acids is 1. The van der Waals surface area contributed by atoms with Crippen LogP contribution >= 0.6 is 0 Å². The van der Waals surface area contributed by atoms with Gasteiger partial charge in [0.1, 0.15) is 0 Å². The van der Waals surface area contributed by atoms with Gasteiger partial charge in [0, 0.05) is 0 Å². The van der Waals surface area contributed by atoms with Crippen LogP contribution in [0.4, 0.5) is 0 Å². The van der Waals surface area contributed by atoms with Gasteiger partial charge in [0.2, 0.25) is 0 Å². The van der Waals surface area contributed by atoms with Gasteiger partial charge in [-0.3, -0.25) is 4.79 Å². The van der Waals surface area contributed by atoms with Gasteiger partial charge in [-0.05, 0) is 48.9 Å². The van der Waals surface area contributed by atoms with Crippen molar-refractivity contribution in [3.63, 3.8) is 0 Å². The van der Waals surface area contributed by atoms with Crippen LogP contribution < -0.4 is 0 Å². The molecule has 3 rings (SSSR count). The van der Waals surface area contributed by atoms with Crippen molar-refractivity contribution >= 4 is 5.97 Å². The Bertz CT molecular complexity index is 325. The van der Waals surface area contributed by atoms with E-state index in [-0.39, 0.29) is 11.9 Å². The number of esters is 1. The van der Waals surface area contributed by atoms with Gasteiger partial charge in [-0.15, -0.1) is 0 Å². The van der Waals surface area contributed by atoms with Crippen molar-refractivity contribution in [3.05, 3.63) is 0 Å². The molecule has 1 aliphatic heterocycles. The first kappa shape index (κ1) is 11.5. The van der Waals surface area contributed by atoms with E-state index in [0.717, 1.165) is 18.3 Å². The molecule has 2 aliphatic carbocycles. The summed E-state index contributed by atoms with van der Waals surface area (Å²) in [6, 6.07) is 0. The monoisotopic (exact) mass is 238 g/mol. The largest absolute Gasteiger partial charge is 0.465 e. The highest BCUT2D eigenvalue weighted by atomic mass is 16.5. The van der Waals surface area contributed by atoms with Crippen molar-refractivity contribution in [2.45, 2.75) is 39.2 Å². The maximum absolute atomic E-state index is 11.5. The first-order valence-electron chi connectivity index (χ1n) is 6.94. The standard InChI is InChI=1S/C14H22O3/c1-7-8(2)11-5-9(7)6-12(11)13(15)10-3-4-17-14(10)16/h7-13,15H,3-6H2,1-2H3. The molecule has 3 heteroatoms. The summed E-state index contributed by atoms with van der Waals surface area (Å²) >= 11 is 0. The molecular formula is C14H22O3. The molecule has 1 heterocycles. The average Bonchev–Trinajstić information content (AvgIpc) is 2.96. The molecule has 2 bridgehead atoms. The minimum atomic E-state index is -0.463. The second-order valence-electron chi connectivity index (χ2n) is 6.33. The van der Waals surface area contributed by atoms with Crippen LogP contribution in [0, 0.1) is 35.5 Å². The minimum Gasteiger partial charge on any atom is -0.465 e. The van der Waals surface area contributed by atoms with E-state index in [4.69, 9.17) is 4.74 Å². The molecular weight excluding hydrogens is 216 g/mol. The van der Waals surface area contributed by atoms with E-state index in [1.165, 1.54) is 6.42 Å². The number of fused-ring (bicyclic) bond motifs is 2. The predicted molar refractivity (Wildman–Crippen MR) is 63.1 cm³/mol. The molecule has 0 radical (unpaired) electrons. The first-order valence-corrected chi connectivity index (χ1v) is 6.94. The highest BCUT2D eigenvalue weighted by Crippen LogP contribution is 2.56. The van der Waals surface area contributed by atoms with Crippen molar-refractivity contribution in [2.75, 3.05) is 6.61 Å². The fourth-order valence-electron chi connectivity index (χ4n) is 4.51. The van der Waals surface area contributed by atoms with Gasteiger partial charge >= 0.3 is 5.97 Å². The zero-order chi connectivity index (χ0) is 12.2. The van der Waals surface area contributed by atoms with E-state index in [9.17, 15) is 9.90 Å². The van der Waals surface area contributed by atoms with Crippen molar-refractivity contribution in [3.8, 4) is 0 Å². The molecule has 0 aromatic carbocycles. The fourth-order valence-corrected chi connectivity index (χ4v) is 4.51. The number of rotatable bonds is 2. The molecule has 2 saturated carbocycles. The molecule has 96 valence electrons. The molecule has 7 atom stereocenters. The lowest BCUT2D eigenvalue weighted by Crippen LogP contribution is -2.38. The summed E-state index contributed by atoms with van der Waals surface area (Å²) in [5, 5.41) is 10.4. The van der Waals surface area contributed by atoms with Crippen LogP contribution in [0.3, 0.4) is 0 Å². The zero-order valence-corrected chi connectivity index (χ0v) is 10.6. The summed E-state index contributed by atoms with van der Waals surface area (Å²) in [7, 11) is 0. The van der Waals surface area contributed by atoms with Crippen molar-refractivity contribution < 1.29 is 14.6 Å². The lowest BCUT2D eigenvalue weighted by molar-refractivity contribution is -0.145. The second kappa shape index (κ2) is 3.98. The number of aliphatic hydroxyl groups is 1. The van der Waals surface area contributed by atoms with E-state index >= 15 is 0 Å². The predicted octanol–water partition coefficient (Wildman–Crippen LogP) is 1.84. The number of hydrogen-bond donors (Lipinski definition) is 1. The smallest absolute Gasteiger partial charge is 0.311 e. The Kier molecular flexibility index (Phi) is 2.69. The number of aliphatic hydroxyl groups excluding tert-OH is 1. The van der Waals surface area contributed by atoms with Gasteiger partial charge in [-0.1, -0.05) is 13.8 Å². The molecule has 7 unspecified atom stereocenters. The molecule has 3 fully saturated rings. The fraction of sp³-hybridized carbons (Fsp3) is 0.929. The van der Waals surface area contributed by atoms with Crippen LogP contribution in [-0.4, -0.2) is 23.8 Å². The molecule has 1 N–H and O–H groups in total. The zero-order valence-electron chi connectivity index (χ0n) is 10.6. The van der Waals surface area contributed by atoms with E-state index < -0.39 is 6.10 Å². The van der Waals surface area contributed by atoms with Crippen LogP contribution in [0.1, 0.15) is 33.1 Å². The maximum Gasteiger partial charge on any atom is 0.311 e. The van der Waals surface area contributed by atoms with Crippen molar-refractivity contribution in [1.82, 2.24) is 0 Å². The highest BCUT2D eigenvalue weighted by molar-refractivity contribution is 5.74. The summed E-state index contributed by atoms with van der Waals surface area (Å²) in [6.07, 6.45) is 2.61. The van der Waals surface area contributed by atoms with Crippen LogP contribution in [0.2, 0.25) is 0 Å². The Labute approximate surface area is 103 Å². The molecule has 0 spiro atoms. The summed E-state index contributed by atoms with van der Waals surface area (Å²) in [6.45, 7) is 5.14. The Hall–Kier alpha value is -0.570. The Morgan fingerprint density at radius 1 is 1.29 bits per heavy atom. The molecule has 0 amide bonds. The molecule has 1 saturated heterocycles. The molecule has 3 nitrogen and oxygen atoms in total. The Balaban J connectivity index is 1.72. The van der Waals surface area contributed by atoms with Gasteiger partial charge in [0.05, 0.1) is 18.6 Å². The third-order valence-corrected chi connectivity index (χ3v) is 5.77. The van der Waals surface area contributed by atoms with Gasteiger partial charge in [-0.25, -0.2) is 0 Å². The Morgan fingerprint density at radius 3 is 2.59 bits per heavy atom. The third-order valence-electron chi connectivity index (χ3n) is 5.77. The lowest BCUT2D eigenvalue weighted by Gasteiger charge is -2.35. The van der Waals surface area contributed by atoms with Crippen LogP contribution in [-0.2, 0) is 9.53 Å². The third kappa shape index (κ3) is 1.62.